The topological polar surface area (TPSA) is 58.6 Å². The van der Waals surface area contributed by atoms with Crippen molar-refractivity contribution in [2.75, 3.05) is 6.61 Å². The predicted octanol–water partition coefficient (Wildman–Crippen LogP) is 4.14. The van der Waals surface area contributed by atoms with Gasteiger partial charge >= 0.3 is 0 Å². The lowest BCUT2D eigenvalue weighted by Crippen LogP contribution is -2.33. The summed E-state index contributed by atoms with van der Waals surface area (Å²) in [5.74, 6) is 0.693. The van der Waals surface area contributed by atoms with Crippen molar-refractivity contribution in [3.63, 3.8) is 0 Å². The number of hydrogen-bond donors (Lipinski definition) is 2. The van der Waals surface area contributed by atoms with Crippen LogP contribution in [-0.4, -0.2) is 17.6 Å². The van der Waals surface area contributed by atoms with Crippen molar-refractivity contribution in [2.45, 2.75) is 38.8 Å². The van der Waals surface area contributed by atoms with Gasteiger partial charge in [-0.2, -0.15) is 0 Å². The van der Waals surface area contributed by atoms with Gasteiger partial charge < -0.3 is 15.2 Å². The summed E-state index contributed by atoms with van der Waals surface area (Å²) in [6.45, 7) is 6.00. The number of aliphatic hydroxyl groups is 1. The third-order valence-electron chi connectivity index (χ3n) is 4.09. The van der Waals surface area contributed by atoms with Crippen LogP contribution in [-0.2, 0) is 5.60 Å². The maximum atomic E-state index is 12.9. The minimum atomic E-state index is -1.05. The van der Waals surface area contributed by atoms with Crippen molar-refractivity contribution in [3.8, 4) is 5.75 Å². The van der Waals surface area contributed by atoms with Gasteiger partial charge in [0, 0.05) is 26.0 Å². The minimum Gasteiger partial charge on any atom is -0.493 e. The van der Waals surface area contributed by atoms with Crippen molar-refractivity contribution < 1.29 is 14.6 Å². The number of ether oxygens (including phenoxy) is 1. The molecule has 2 aromatic rings. The molecule has 0 spiro atoms. The van der Waals surface area contributed by atoms with E-state index in [4.69, 9.17) is 4.74 Å². The van der Waals surface area contributed by atoms with Crippen LogP contribution in [0.1, 0.15) is 52.0 Å². The molecule has 0 saturated carbocycles. The fourth-order valence-corrected chi connectivity index (χ4v) is 5.49. The number of para-hydroxylation sites is 1. The molecule has 1 aliphatic heterocycles. The number of benzene rings is 1. The van der Waals surface area contributed by atoms with Crippen LogP contribution in [0.25, 0.3) is 0 Å². The van der Waals surface area contributed by atoms with Crippen LogP contribution in [0.3, 0.4) is 0 Å². The number of fused-ring (bicyclic) bond motifs is 1. The van der Waals surface area contributed by atoms with E-state index in [1.807, 2.05) is 31.2 Å². The number of aryl methyl sites for hydroxylation is 1. The van der Waals surface area contributed by atoms with Crippen molar-refractivity contribution >= 4 is 39.8 Å². The van der Waals surface area contributed by atoms with E-state index in [9.17, 15) is 9.90 Å². The zero-order valence-corrected chi connectivity index (χ0v) is 16.8. The largest absolute Gasteiger partial charge is 0.493 e. The predicted molar refractivity (Wildman–Crippen MR) is 104 cm³/mol. The average molecular weight is 457 g/mol. The Morgan fingerprint density at radius 2 is 2.12 bits per heavy atom. The molecule has 24 heavy (non-hydrogen) atoms. The molecule has 0 radical (unpaired) electrons. The van der Waals surface area contributed by atoms with Crippen LogP contribution in [0.5, 0.6) is 5.75 Å². The monoisotopic (exact) mass is 457 g/mol. The van der Waals surface area contributed by atoms with Gasteiger partial charge in [0.05, 0.1) is 23.1 Å². The molecular weight excluding hydrogens is 437 g/mol. The zero-order valence-electron chi connectivity index (χ0n) is 13.9. The summed E-state index contributed by atoms with van der Waals surface area (Å²) < 4.78 is 6.61. The molecule has 4 nitrogen and oxygen atoms in total. The Balaban J connectivity index is 1.91. The van der Waals surface area contributed by atoms with E-state index in [2.05, 4.69) is 27.9 Å². The second-order valence-corrected chi connectivity index (χ2v) is 8.74. The van der Waals surface area contributed by atoms with Crippen molar-refractivity contribution in [2.24, 2.45) is 0 Å². The number of halogens is 1. The Bertz CT molecular complexity index is 779. The lowest BCUT2D eigenvalue weighted by atomic mass is 9.97. The third kappa shape index (κ3) is 3.32. The Kier molecular flexibility index (Phi) is 4.90. The fraction of sp³-hybridized carbons (Fsp3) is 0.389. The molecule has 0 aliphatic carbocycles. The number of nitrogens with one attached hydrogen (secondary N) is 1. The van der Waals surface area contributed by atoms with E-state index < -0.39 is 5.60 Å². The Morgan fingerprint density at radius 1 is 1.42 bits per heavy atom. The highest BCUT2D eigenvalue weighted by Gasteiger charge is 2.31. The molecule has 2 heterocycles. The van der Waals surface area contributed by atoms with E-state index in [1.54, 1.807) is 13.8 Å². The summed E-state index contributed by atoms with van der Waals surface area (Å²) in [6, 6.07) is 7.72. The van der Waals surface area contributed by atoms with Gasteiger partial charge in [0.1, 0.15) is 5.75 Å². The molecule has 1 aromatic heterocycles. The molecule has 0 fully saturated rings. The van der Waals surface area contributed by atoms with Crippen molar-refractivity contribution in [1.82, 2.24) is 5.32 Å². The molecule has 0 saturated heterocycles. The van der Waals surface area contributed by atoms with E-state index in [0.29, 0.717) is 17.0 Å². The molecule has 0 unspecified atom stereocenters. The molecule has 1 atom stereocenters. The molecule has 3 rings (SSSR count). The highest BCUT2D eigenvalue weighted by atomic mass is 127. The van der Waals surface area contributed by atoms with Crippen molar-refractivity contribution in [3.05, 3.63) is 48.7 Å². The first-order chi connectivity index (χ1) is 11.3. The SMILES string of the molecule is Cc1sc(C(=O)N[C@H]2CCOc3ccccc32)c(C(C)(C)O)c1I. The number of hydrogen-bond acceptors (Lipinski definition) is 4. The highest BCUT2D eigenvalue weighted by molar-refractivity contribution is 14.1. The summed E-state index contributed by atoms with van der Waals surface area (Å²) in [5.41, 5.74) is 0.662. The van der Waals surface area contributed by atoms with E-state index in [1.165, 1.54) is 11.3 Å². The van der Waals surface area contributed by atoms with Gasteiger partial charge in [-0.05, 0) is 49.4 Å². The van der Waals surface area contributed by atoms with Crippen LogP contribution in [0.4, 0.5) is 0 Å². The number of amides is 1. The zero-order chi connectivity index (χ0) is 17.5. The van der Waals surface area contributed by atoms with Gasteiger partial charge in [-0.1, -0.05) is 18.2 Å². The summed E-state index contributed by atoms with van der Waals surface area (Å²) >= 11 is 3.64. The highest BCUT2D eigenvalue weighted by Crippen LogP contribution is 2.38. The summed E-state index contributed by atoms with van der Waals surface area (Å²) in [6.07, 6.45) is 0.738. The minimum absolute atomic E-state index is 0.0721. The lowest BCUT2D eigenvalue weighted by Gasteiger charge is -2.27. The van der Waals surface area contributed by atoms with Crippen LogP contribution in [0.2, 0.25) is 0 Å². The van der Waals surface area contributed by atoms with Crippen LogP contribution >= 0.6 is 33.9 Å². The number of carbonyl (C=O) groups is 1. The van der Waals surface area contributed by atoms with Gasteiger partial charge in [0.2, 0.25) is 0 Å². The van der Waals surface area contributed by atoms with Gasteiger partial charge in [0.15, 0.2) is 0 Å². The molecule has 1 amide bonds. The smallest absolute Gasteiger partial charge is 0.262 e. The van der Waals surface area contributed by atoms with E-state index in [0.717, 1.165) is 26.2 Å². The molecule has 2 N–H and O–H groups in total. The second-order valence-electron chi connectivity index (χ2n) is 6.44. The molecule has 0 bridgehead atoms. The first-order valence-corrected chi connectivity index (χ1v) is 9.73. The number of rotatable bonds is 3. The van der Waals surface area contributed by atoms with E-state index in [-0.39, 0.29) is 11.9 Å². The summed E-state index contributed by atoms with van der Waals surface area (Å²) in [5, 5.41) is 13.6. The molecular formula is C18H20INO3S. The van der Waals surface area contributed by atoms with Gasteiger partial charge in [-0.15, -0.1) is 11.3 Å². The molecule has 128 valence electrons. The maximum absolute atomic E-state index is 12.9. The Hall–Kier alpha value is -1.12. The van der Waals surface area contributed by atoms with Gasteiger partial charge in [-0.25, -0.2) is 0 Å². The van der Waals surface area contributed by atoms with Crippen LogP contribution < -0.4 is 10.1 Å². The summed E-state index contributed by atoms with van der Waals surface area (Å²) in [4.78, 5) is 14.5. The molecule has 6 heteroatoms. The first kappa shape index (κ1) is 17.7. The summed E-state index contributed by atoms with van der Waals surface area (Å²) in [7, 11) is 0. The van der Waals surface area contributed by atoms with E-state index >= 15 is 0 Å². The molecule has 1 aliphatic rings. The van der Waals surface area contributed by atoms with Crippen LogP contribution in [0, 0.1) is 10.5 Å². The quantitative estimate of drug-likeness (QED) is 0.682. The van der Waals surface area contributed by atoms with Crippen LogP contribution in [0.15, 0.2) is 24.3 Å². The number of thiophene rings is 1. The second kappa shape index (κ2) is 6.65. The third-order valence-corrected chi connectivity index (χ3v) is 6.91. The normalized spacial score (nSPS) is 17.1. The Labute approximate surface area is 159 Å². The standard InChI is InChI=1S/C18H20INO3S/c1-10-15(19)14(18(2,3)22)16(24-10)17(21)20-12-8-9-23-13-7-5-4-6-11(12)13/h4-7,12,22H,8-9H2,1-3H3,(H,20,21)/t12-/m0/s1. The fourth-order valence-electron chi connectivity index (χ4n) is 2.95. The molecule has 1 aromatic carbocycles. The van der Waals surface area contributed by atoms with Gasteiger partial charge in [0.25, 0.3) is 5.91 Å². The maximum Gasteiger partial charge on any atom is 0.262 e. The first-order valence-electron chi connectivity index (χ1n) is 7.83. The average Bonchev–Trinajstić information content (AvgIpc) is 2.83. The number of carbonyl (C=O) groups excluding carboxylic acids is 1. The van der Waals surface area contributed by atoms with Crippen molar-refractivity contribution in [1.29, 1.82) is 0 Å². The lowest BCUT2D eigenvalue weighted by molar-refractivity contribution is 0.0741. The van der Waals surface area contributed by atoms with Gasteiger partial charge in [-0.3, -0.25) is 4.79 Å². The Morgan fingerprint density at radius 3 is 2.83 bits per heavy atom.